The van der Waals surface area contributed by atoms with Gasteiger partial charge in [0.25, 0.3) is 0 Å². The van der Waals surface area contributed by atoms with Gasteiger partial charge in [-0.1, -0.05) is 23.2 Å². The van der Waals surface area contributed by atoms with E-state index in [2.05, 4.69) is 15.0 Å². The Morgan fingerprint density at radius 3 is 2.52 bits per heavy atom. The van der Waals surface area contributed by atoms with E-state index in [4.69, 9.17) is 23.2 Å². The van der Waals surface area contributed by atoms with E-state index in [1.807, 2.05) is 0 Å². The van der Waals surface area contributed by atoms with Crippen LogP contribution in [-0.4, -0.2) is 19.4 Å². The number of imidazole rings is 1. The van der Waals surface area contributed by atoms with Gasteiger partial charge in [-0.3, -0.25) is 9.38 Å². The molecule has 0 unspecified atom stereocenters. The molecule has 9 heteroatoms. The van der Waals surface area contributed by atoms with Crippen molar-refractivity contribution >= 4 is 28.7 Å². The minimum absolute atomic E-state index is 0.112. The Hall–Kier alpha value is -1.86. The van der Waals surface area contributed by atoms with Crippen LogP contribution in [-0.2, 0) is 6.18 Å². The Morgan fingerprint density at radius 2 is 1.81 bits per heavy atom. The summed E-state index contributed by atoms with van der Waals surface area (Å²) in [6.45, 7) is 0. The van der Waals surface area contributed by atoms with E-state index in [9.17, 15) is 13.2 Å². The molecule has 108 valence electrons. The molecule has 0 saturated heterocycles. The lowest BCUT2D eigenvalue weighted by atomic mass is 10.2. The Labute approximate surface area is 126 Å². The highest BCUT2D eigenvalue weighted by atomic mass is 35.5. The SMILES string of the molecule is FC(F)(F)c1nccc(-c2ncc3c(Cl)nccn23)c1Cl. The number of halogens is 5. The van der Waals surface area contributed by atoms with E-state index >= 15 is 0 Å². The molecule has 0 radical (unpaired) electrons. The number of fused-ring (bicyclic) bond motifs is 1. The Bertz CT molecular complexity index is 829. The highest BCUT2D eigenvalue weighted by Gasteiger charge is 2.36. The molecule has 4 nitrogen and oxygen atoms in total. The molecule has 3 aromatic rings. The summed E-state index contributed by atoms with van der Waals surface area (Å²) in [4.78, 5) is 11.2. The van der Waals surface area contributed by atoms with Crippen molar-refractivity contribution in [2.24, 2.45) is 0 Å². The van der Waals surface area contributed by atoms with Crippen molar-refractivity contribution < 1.29 is 13.2 Å². The average molecular weight is 333 g/mol. The van der Waals surface area contributed by atoms with Crippen LogP contribution < -0.4 is 0 Å². The molecule has 0 saturated carbocycles. The van der Waals surface area contributed by atoms with E-state index in [1.54, 1.807) is 0 Å². The fourth-order valence-corrected chi connectivity index (χ4v) is 2.41. The molecule has 0 aromatic carbocycles. The largest absolute Gasteiger partial charge is 0.434 e. The third-order valence-electron chi connectivity index (χ3n) is 2.81. The number of hydrogen-bond acceptors (Lipinski definition) is 3. The van der Waals surface area contributed by atoms with Gasteiger partial charge in [0.1, 0.15) is 11.3 Å². The highest BCUT2D eigenvalue weighted by molar-refractivity contribution is 6.34. The van der Waals surface area contributed by atoms with Crippen LogP contribution in [0.25, 0.3) is 16.9 Å². The summed E-state index contributed by atoms with van der Waals surface area (Å²) < 4.78 is 40.0. The van der Waals surface area contributed by atoms with Gasteiger partial charge in [-0.25, -0.2) is 9.97 Å². The van der Waals surface area contributed by atoms with Gasteiger partial charge in [-0.05, 0) is 6.07 Å². The maximum atomic E-state index is 12.8. The molecule has 3 aromatic heterocycles. The van der Waals surface area contributed by atoms with Crippen LogP contribution >= 0.6 is 23.2 Å². The molecule has 0 bridgehead atoms. The highest BCUT2D eigenvalue weighted by Crippen LogP contribution is 2.38. The van der Waals surface area contributed by atoms with Gasteiger partial charge >= 0.3 is 6.18 Å². The second-order valence-electron chi connectivity index (χ2n) is 4.07. The zero-order valence-electron chi connectivity index (χ0n) is 10.1. The summed E-state index contributed by atoms with van der Waals surface area (Å²) in [5, 5.41) is -0.317. The van der Waals surface area contributed by atoms with Crippen molar-refractivity contribution in [1.29, 1.82) is 0 Å². The van der Waals surface area contributed by atoms with Crippen LogP contribution in [0.1, 0.15) is 5.69 Å². The topological polar surface area (TPSA) is 43.1 Å². The molecule has 3 heterocycles. The van der Waals surface area contributed by atoms with E-state index < -0.39 is 16.9 Å². The Kier molecular flexibility index (Phi) is 3.26. The van der Waals surface area contributed by atoms with Crippen LogP contribution in [0.2, 0.25) is 10.2 Å². The molecule has 0 amide bonds. The molecule has 3 rings (SSSR count). The predicted molar refractivity (Wildman–Crippen MR) is 71.2 cm³/mol. The van der Waals surface area contributed by atoms with Gasteiger partial charge in [0.05, 0.1) is 11.2 Å². The number of pyridine rings is 1. The van der Waals surface area contributed by atoms with E-state index in [1.165, 1.54) is 29.1 Å². The number of nitrogens with zero attached hydrogens (tertiary/aromatic N) is 4. The molecule has 0 atom stereocenters. The summed E-state index contributed by atoms with van der Waals surface area (Å²) in [5.41, 5.74) is -0.574. The van der Waals surface area contributed by atoms with Crippen LogP contribution in [0.5, 0.6) is 0 Å². The van der Waals surface area contributed by atoms with Gasteiger partial charge in [-0.15, -0.1) is 0 Å². The molecule has 0 spiro atoms. The molecular formula is C12H5Cl2F3N4. The minimum atomic E-state index is -4.64. The normalized spacial score (nSPS) is 12.0. The van der Waals surface area contributed by atoms with Crippen LogP contribution in [0.3, 0.4) is 0 Å². The Balaban J connectivity index is 2.27. The zero-order chi connectivity index (χ0) is 15.2. The van der Waals surface area contributed by atoms with Crippen molar-refractivity contribution in [3.05, 3.63) is 46.7 Å². The van der Waals surface area contributed by atoms with Crippen LogP contribution in [0, 0.1) is 0 Å². The second-order valence-corrected chi connectivity index (χ2v) is 4.81. The molecular weight excluding hydrogens is 328 g/mol. The molecule has 21 heavy (non-hydrogen) atoms. The van der Waals surface area contributed by atoms with Crippen molar-refractivity contribution in [2.45, 2.75) is 6.18 Å². The van der Waals surface area contributed by atoms with Crippen molar-refractivity contribution in [3.8, 4) is 11.4 Å². The average Bonchev–Trinajstić information content (AvgIpc) is 2.83. The smallest absolute Gasteiger partial charge is 0.295 e. The van der Waals surface area contributed by atoms with Gasteiger partial charge in [0.2, 0.25) is 0 Å². The Morgan fingerprint density at radius 1 is 1.05 bits per heavy atom. The number of hydrogen-bond donors (Lipinski definition) is 0. The molecule has 0 aliphatic carbocycles. The molecule has 0 aliphatic heterocycles. The first-order valence-electron chi connectivity index (χ1n) is 5.59. The van der Waals surface area contributed by atoms with E-state index in [-0.39, 0.29) is 16.5 Å². The quantitative estimate of drug-likeness (QED) is 0.673. The molecule has 0 aliphatic rings. The van der Waals surface area contributed by atoms with Gasteiger partial charge < -0.3 is 0 Å². The monoisotopic (exact) mass is 332 g/mol. The van der Waals surface area contributed by atoms with E-state index in [0.29, 0.717) is 5.52 Å². The maximum absolute atomic E-state index is 12.8. The first-order valence-corrected chi connectivity index (χ1v) is 6.35. The summed E-state index contributed by atoms with van der Waals surface area (Å²) in [6, 6.07) is 1.36. The minimum Gasteiger partial charge on any atom is -0.295 e. The summed E-state index contributed by atoms with van der Waals surface area (Å²) in [5.74, 6) is 0.229. The fraction of sp³-hybridized carbons (Fsp3) is 0.0833. The molecule has 0 N–H and O–H groups in total. The summed E-state index contributed by atoms with van der Waals surface area (Å²) in [6.07, 6.45) is 0.760. The van der Waals surface area contributed by atoms with Crippen LogP contribution in [0.4, 0.5) is 13.2 Å². The molecule has 0 fully saturated rings. The third-order valence-corrected chi connectivity index (χ3v) is 3.48. The van der Waals surface area contributed by atoms with Gasteiger partial charge in [0, 0.05) is 24.2 Å². The summed E-state index contributed by atoms with van der Waals surface area (Å²) in [7, 11) is 0. The summed E-state index contributed by atoms with van der Waals surface area (Å²) >= 11 is 11.7. The van der Waals surface area contributed by atoms with Crippen molar-refractivity contribution in [2.75, 3.05) is 0 Å². The maximum Gasteiger partial charge on any atom is 0.434 e. The predicted octanol–water partition coefficient (Wildman–Crippen LogP) is 4.12. The lowest BCUT2D eigenvalue weighted by molar-refractivity contribution is -0.141. The first kappa shape index (κ1) is 14.1. The first-order chi connectivity index (χ1) is 9.89. The number of rotatable bonds is 1. The van der Waals surface area contributed by atoms with Crippen molar-refractivity contribution in [1.82, 2.24) is 19.4 Å². The fourth-order valence-electron chi connectivity index (χ4n) is 1.91. The lowest BCUT2D eigenvalue weighted by Crippen LogP contribution is -2.09. The number of aromatic nitrogens is 4. The lowest BCUT2D eigenvalue weighted by Gasteiger charge is -2.10. The van der Waals surface area contributed by atoms with Gasteiger partial charge in [0.15, 0.2) is 10.8 Å². The second kappa shape index (κ2) is 4.85. The standard InChI is InChI=1S/C12H5Cl2F3N4/c13-8-6(1-2-18-9(8)12(15,16)17)11-20-5-7-10(14)19-3-4-21(7)11/h1-5H. The van der Waals surface area contributed by atoms with Crippen LogP contribution in [0.15, 0.2) is 30.9 Å². The zero-order valence-corrected chi connectivity index (χ0v) is 11.6. The van der Waals surface area contributed by atoms with Gasteiger partial charge in [-0.2, -0.15) is 13.2 Å². The van der Waals surface area contributed by atoms with Crippen molar-refractivity contribution in [3.63, 3.8) is 0 Å². The van der Waals surface area contributed by atoms with E-state index in [0.717, 1.165) is 6.20 Å². The number of alkyl halides is 3. The third kappa shape index (κ3) is 2.32.